The average Bonchev–Trinajstić information content (AvgIpc) is 2.25. The van der Waals surface area contributed by atoms with Crippen LogP contribution in [-0.2, 0) is 6.42 Å². The van der Waals surface area contributed by atoms with E-state index in [1.54, 1.807) is 0 Å². The third kappa shape index (κ3) is 2.91. The van der Waals surface area contributed by atoms with Gasteiger partial charge in [0.25, 0.3) is 0 Å². The van der Waals surface area contributed by atoms with E-state index in [0.717, 1.165) is 16.8 Å². The fraction of sp³-hybridized carbons (Fsp3) is 0.0769. The van der Waals surface area contributed by atoms with Crippen LogP contribution in [0.15, 0.2) is 48.5 Å². The molecule has 0 atom stereocenters. The number of hydrogen-bond acceptors (Lipinski definition) is 0. The summed E-state index contributed by atoms with van der Waals surface area (Å²) in [6.07, 6.45) is 0.985. The molecule has 0 saturated carbocycles. The first-order chi connectivity index (χ1) is 7.24. The Labute approximate surface area is 97.2 Å². The molecular weight excluding hydrogens is 212 g/mol. The summed E-state index contributed by atoms with van der Waals surface area (Å²) in [4.78, 5) is 0. The molecule has 0 aliphatic rings. The van der Waals surface area contributed by atoms with E-state index in [1.807, 2.05) is 0 Å². The lowest BCUT2D eigenvalue weighted by molar-refractivity contribution is 1.20. The van der Waals surface area contributed by atoms with Gasteiger partial charge in [-0.3, -0.25) is 0 Å². The van der Waals surface area contributed by atoms with E-state index >= 15 is 0 Å². The first kappa shape index (κ1) is 10.4. The monoisotopic (exact) mass is 222 g/mol. The molecule has 0 fully saturated rings. The van der Waals surface area contributed by atoms with Crippen LogP contribution in [0.1, 0.15) is 11.1 Å². The molecule has 70 valence electrons. The topological polar surface area (TPSA) is 0 Å². The largest absolute Gasteiger partial charge is 0.0711 e. The predicted molar refractivity (Wildman–Crippen MR) is 66.5 cm³/mol. The van der Waals surface area contributed by atoms with Crippen molar-refractivity contribution in [2.45, 2.75) is 6.42 Å². The van der Waals surface area contributed by atoms with Crippen molar-refractivity contribution >= 4 is 30.9 Å². The van der Waals surface area contributed by atoms with Crippen molar-refractivity contribution in [1.82, 2.24) is 0 Å². The highest BCUT2D eigenvalue weighted by Crippen LogP contribution is 2.06. The molecule has 0 aromatic heterocycles. The summed E-state index contributed by atoms with van der Waals surface area (Å²) in [5, 5.41) is 2.24. The quantitative estimate of drug-likeness (QED) is 0.661. The predicted octanol–water partition coefficient (Wildman–Crippen LogP) is 0.865. The van der Waals surface area contributed by atoms with Gasteiger partial charge in [-0.1, -0.05) is 58.9 Å². The molecular formula is C13H10Si2. The highest BCUT2D eigenvalue weighted by atomic mass is 28.1. The lowest BCUT2D eigenvalue weighted by Gasteiger charge is -2.03. The molecule has 0 N–H and O–H groups in total. The SMILES string of the molecule is [Si]c1ccc(Cc2ccc([Si])cc2)cc1. The molecule has 0 unspecified atom stereocenters. The molecule has 2 aromatic carbocycles. The minimum atomic E-state index is 0.985. The average molecular weight is 222 g/mol. The van der Waals surface area contributed by atoms with Gasteiger partial charge in [0.05, 0.1) is 20.5 Å². The molecule has 0 nitrogen and oxygen atoms in total. The summed E-state index contributed by atoms with van der Waals surface area (Å²) in [5.41, 5.74) is 2.66. The zero-order valence-corrected chi connectivity index (χ0v) is 10.3. The molecule has 6 radical (unpaired) electrons. The second-order valence-electron chi connectivity index (χ2n) is 3.57. The lowest BCUT2D eigenvalue weighted by Crippen LogP contribution is -2.02. The van der Waals surface area contributed by atoms with Gasteiger partial charge in [0.1, 0.15) is 0 Å². The third-order valence-corrected chi connectivity index (χ3v) is 2.98. The molecule has 0 amide bonds. The van der Waals surface area contributed by atoms with Crippen molar-refractivity contribution < 1.29 is 0 Å². The van der Waals surface area contributed by atoms with Gasteiger partial charge in [0.2, 0.25) is 0 Å². The second kappa shape index (κ2) is 4.60. The van der Waals surface area contributed by atoms with E-state index in [0.29, 0.717) is 0 Å². The number of benzene rings is 2. The summed E-state index contributed by atoms with van der Waals surface area (Å²) >= 11 is 0. The molecule has 0 heterocycles. The van der Waals surface area contributed by atoms with E-state index < -0.39 is 0 Å². The van der Waals surface area contributed by atoms with Crippen LogP contribution in [0.4, 0.5) is 0 Å². The van der Waals surface area contributed by atoms with Crippen molar-refractivity contribution in [3.8, 4) is 0 Å². The van der Waals surface area contributed by atoms with Crippen LogP contribution in [0, 0.1) is 0 Å². The van der Waals surface area contributed by atoms with E-state index in [2.05, 4.69) is 69.0 Å². The van der Waals surface area contributed by atoms with Gasteiger partial charge in [-0.2, -0.15) is 0 Å². The lowest BCUT2D eigenvalue weighted by atomic mass is 10.1. The van der Waals surface area contributed by atoms with Crippen LogP contribution >= 0.6 is 0 Å². The van der Waals surface area contributed by atoms with E-state index in [-0.39, 0.29) is 0 Å². The van der Waals surface area contributed by atoms with Gasteiger partial charge >= 0.3 is 0 Å². The first-order valence-electron chi connectivity index (χ1n) is 4.85. The maximum Gasteiger partial charge on any atom is 0.0711 e. The Balaban J connectivity index is 2.15. The van der Waals surface area contributed by atoms with Gasteiger partial charge in [0.15, 0.2) is 0 Å². The van der Waals surface area contributed by atoms with E-state index in [1.165, 1.54) is 11.1 Å². The van der Waals surface area contributed by atoms with Crippen molar-refractivity contribution in [3.63, 3.8) is 0 Å². The summed E-state index contributed by atoms with van der Waals surface area (Å²) < 4.78 is 0. The zero-order valence-electron chi connectivity index (χ0n) is 8.33. The highest BCUT2D eigenvalue weighted by molar-refractivity contribution is 6.32. The van der Waals surface area contributed by atoms with Crippen molar-refractivity contribution in [2.75, 3.05) is 0 Å². The van der Waals surface area contributed by atoms with Crippen molar-refractivity contribution in [1.29, 1.82) is 0 Å². The Morgan fingerprint density at radius 3 is 1.27 bits per heavy atom. The standard InChI is InChI=1S/C13H10Si2/c14-12-5-1-10(2-6-12)9-11-3-7-13(15)8-4-11/h1-8H,9H2. The third-order valence-electron chi connectivity index (χ3n) is 2.32. The fourth-order valence-electron chi connectivity index (χ4n) is 1.48. The summed E-state index contributed by atoms with van der Waals surface area (Å²) in [6.45, 7) is 0. The van der Waals surface area contributed by atoms with Gasteiger partial charge < -0.3 is 0 Å². The Kier molecular flexibility index (Phi) is 3.18. The molecule has 15 heavy (non-hydrogen) atoms. The van der Waals surface area contributed by atoms with Crippen LogP contribution in [0.2, 0.25) is 0 Å². The first-order valence-corrected chi connectivity index (χ1v) is 5.85. The van der Waals surface area contributed by atoms with Crippen LogP contribution in [-0.4, -0.2) is 20.5 Å². The minimum absolute atomic E-state index is 0.985. The summed E-state index contributed by atoms with van der Waals surface area (Å²) in [5.74, 6) is 0. The van der Waals surface area contributed by atoms with Crippen molar-refractivity contribution in [2.24, 2.45) is 0 Å². The van der Waals surface area contributed by atoms with Gasteiger partial charge in [-0.15, -0.1) is 0 Å². The Bertz CT molecular complexity index is 386. The van der Waals surface area contributed by atoms with Crippen molar-refractivity contribution in [3.05, 3.63) is 59.7 Å². The fourth-order valence-corrected chi connectivity index (χ4v) is 1.81. The molecule has 2 rings (SSSR count). The van der Waals surface area contributed by atoms with Gasteiger partial charge in [-0.25, -0.2) is 0 Å². The molecule has 2 heteroatoms. The maximum atomic E-state index is 3.48. The smallest absolute Gasteiger partial charge is 0.0673 e. The van der Waals surface area contributed by atoms with Crippen LogP contribution in [0.3, 0.4) is 0 Å². The number of rotatable bonds is 2. The minimum Gasteiger partial charge on any atom is -0.0673 e. The van der Waals surface area contributed by atoms with Crippen LogP contribution < -0.4 is 10.4 Å². The van der Waals surface area contributed by atoms with Gasteiger partial charge in [0, 0.05) is 0 Å². The maximum absolute atomic E-state index is 3.48. The number of hydrogen-bond donors (Lipinski definition) is 0. The van der Waals surface area contributed by atoms with E-state index in [9.17, 15) is 0 Å². The molecule has 0 spiro atoms. The summed E-state index contributed by atoms with van der Waals surface area (Å²) in [7, 11) is 6.97. The van der Waals surface area contributed by atoms with Gasteiger partial charge in [-0.05, 0) is 17.5 Å². The summed E-state index contributed by atoms with van der Waals surface area (Å²) in [6, 6.07) is 16.9. The molecule has 0 bridgehead atoms. The normalized spacial score (nSPS) is 10.3. The molecule has 0 aliphatic heterocycles. The molecule has 0 saturated heterocycles. The zero-order chi connectivity index (χ0) is 10.7. The molecule has 0 aliphatic carbocycles. The Morgan fingerprint density at radius 1 is 0.600 bits per heavy atom. The Morgan fingerprint density at radius 2 is 0.933 bits per heavy atom. The molecule has 2 aromatic rings. The highest BCUT2D eigenvalue weighted by Gasteiger charge is 1.95. The Hall–Kier alpha value is -1.13. The second-order valence-corrected chi connectivity index (χ2v) is 4.73. The van der Waals surface area contributed by atoms with Crippen LogP contribution in [0.25, 0.3) is 0 Å². The van der Waals surface area contributed by atoms with E-state index in [4.69, 9.17) is 0 Å². The van der Waals surface area contributed by atoms with Crippen LogP contribution in [0.5, 0.6) is 0 Å².